The third kappa shape index (κ3) is 2.54. The number of amides is 2. The summed E-state index contributed by atoms with van der Waals surface area (Å²) in [6.07, 6.45) is 1.49. The van der Waals surface area contributed by atoms with Crippen LogP contribution in [-0.2, 0) is 4.79 Å². The van der Waals surface area contributed by atoms with Crippen LogP contribution in [0.5, 0.6) is 5.75 Å². The SMILES string of the molecule is CNC(=O)C1CCCN1C(=O)c1cc(OC)ccc1N. The van der Waals surface area contributed by atoms with Crippen molar-refractivity contribution in [3.63, 3.8) is 0 Å². The van der Waals surface area contributed by atoms with Crippen molar-refractivity contribution < 1.29 is 14.3 Å². The van der Waals surface area contributed by atoms with Crippen LogP contribution in [0.2, 0.25) is 0 Å². The van der Waals surface area contributed by atoms with E-state index in [1.54, 1.807) is 30.1 Å². The Labute approximate surface area is 117 Å². The number of nitrogens with two attached hydrogens (primary N) is 1. The average molecular weight is 277 g/mol. The second-order valence-electron chi connectivity index (χ2n) is 4.72. The highest BCUT2D eigenvalue weighted by Crippen LogP contribution is 2.25. The molecule has 0 aliphatic carbocycles. The minimum Gasteiger partial charge on any atom is -0.497 e. The van der Waals surface area contributed by atoms with E-state index >= 15 is 0 Å². The number of hydrogen-bond donors (Lipinski definition) is 2. The lowest BCUT2D eigenvalue weighted by atomic mass is 10.1. The van der Waals surface area contributed by atoms with Gasteiger partial charge in [-0.3, -0.25) is 9.59 Å². The summed E-state index contributed by atoms with van der Waals surface area (Å²) < 4.78 is 5.11. The van der Waals surface area contributed by atoms with Gasteiger partial charge in [0, 0.05) is 19.3 Å². The maximum atomic E-state index is 12.6. The second kappa shape index (κ2) is 5.81. The molecular formula is C14H19N3O3. The zero-order valence-electron chi connectivity index (χ0n) is 11.7. The lowest BCUT2D eigenvalue weighted by Gasteiger charge is -2.24. The number of ether oxygens (including phenoxy) is 1. The van der Waals surface area contributed by atoms with Crippen molar-refractivity contribution in [3.05, 3.63) is 23.8 Å². The van der Waals surface area contributed by atoms with E-state index in [1.165, 1.54) is 7.11 Å². The van der Waals surface area contributed by atoms with Gasteiger partial charge in [0.05, 0.1) is 12.7 Å². The molecule has 1 aromatic rings. The van der Waals surface area contributed by atoms with Gasteiger partial charge in [-0.1, -0.05) is 0 Å². The Morgan fingerprint density at radius 2 is 2.20 bits per heavy atom. The first kappa shape index (κ1) is 14.2. The number of anilines is 1. The highest BCUT2D eigenvalue weighted by molar-refractivity contribution is 6.02. The van der Waals surface area contributed by atoms with Crippen molar-refractivity contribution in [1.29, 1.82) is 0 Å². The van der Waals surface area contributed by atoms with E-state index in [0.29, 0.717) is 30.0 Å². The molecular weight excluding hydrogens is 258 g/mol. The smallest absolute Gasteiger partial charge is 0.256 e. The lowest BCUT2D eigenvalue weighted by molar-refractivity contribution is -0.124. The van der Waals surface area contributed by atoms with Crippen LogP contribution in [0, 0.1) is 0 Å². The number of likely N-dealkylation sites (N-methyl/N-ethyl adjacent to an activating group) is 1. The van der Waals surface area contributed by atoms with E-state index in [0.717, 1.165) is 6.42 Å². The van der Waals surface area contributed by atoms with Gasteiger partial charge in [0.25, 0.3) is 5.91 Å². The van der Waals surface area contributed by atoms with Crippen LogP contribution in [0.4, 0.5) is 5.69 Å². The van der Waals surface area contributed by atoms with E-state index in [-0.39, 0.29) is 11.8 Å². The number of likely N-dealkylation sites (tertiary alicyclic amines) is 1. The van der Waals surface area contributed by atoms with Gasteiger partial charge in [0.15, 0.2) is 0 Å². The van der Waals surface area contributed by atoms with Gasteiger partial charge in [-0.15, -0.1) is 0 Å². The number of rotatable bonds is 3. The molecule has 0 spiro atoms. The molecule has 1 aromatic carbocycles. The lowest BCUT2D eigenvalue weighted by Crippen LogP contribution is -2.45. The third-order valence-electron chi connectivity index (χ3n) is 3.55. The number of nitrogens with zero attached hydrogens (tertiary/aromatic N) is 1. The molecule has 1 aliphatic heterocycles. The maximum Gasteiger partial charge on any atom is 0.256 e. The van der Waals surface area contributed by atoms with Crippen LogP contribution in [0.3, 0.4) is 0 Å². The average Bonchev–Trinajstić information content (AvgIpc) is 2.95. The summed E-state index contributed by atoms with van der Waals surface area (Å²) in [6.45, 7) is 0.563. The molecule has 1 aliphatic rings. The second-order valence-corrected chi connectivity index (χ2v) is 4.72. The van der Waals surface area contributed by atoms with E-state index in [1.807, 2.05) is 0 Å². The van der Waals surface area contributed by atoms with Crippen LogP contribution in [-0.4, -0.2) is 43.5 Å². The Hall–Kier alpha value is -2.24. The number of nitrogen functional groups attached to an aromatic ring is 1. The highest BCUT2D eigenvalue weighted by atomic mass is 16.5. The fourth-order valence-corrected chi connectivity index (χ4v) is 2.45. The molecule has 1 heterocycles. The van der Waals surface area contributed by atoms with Crippen molar-refractivity contribution >= 4 is 17.5 Å². The molecule has 108 valence electrons. The summed E-state index contributed by atoms with van der Waals surface area (Å²) in [4.78, 5) is 26.0. The van der Waals surface area contributed by atoms with Gasteiger partial charge < -0.3 is 20.7 Å². The van der Waals surface area contributed by atoms with Gasteiger partial charge in [-0.05, 0) is 31.0 Å². The first-order chi connectivity index (χ1) is 9.58. The zero-order valence-corrected chi connectivity index (χ0v) is 11.7. The number of carbonyl (C=O) groups excluding carboxylic acids is 2. The van der Waals surface area contributed by atoms with Crippen molar-refractivity contribution in [2.45, 2.75) is 18.9 Å². The zero-order chi connectivity index (χ0) is 14.7. The number of benzene rings is 1. The quantitative estimate of drug-likeness (QED) is 0.794. The summed E-state index contributed by atoms with van der Waals surface area (Å²) in [6, 6.07) is 4.53. The maximum absolute atomic E-state index is 12.6. The van der Waals surface area contributed by atoms with Crippen LogP contribution in [0.1, 0.15) is 23.2 Å². The summed E-state index contributed by atoms with van der Waals surface area (Å²) in [5, 5.41) is 2.59. The minimum atomic E-state index is -0.418. The molecule has 0 aromatic heterocycles. The largest absolute Gasteiger partial charge is 0.497 e. The topological polar surface area (TPSA) is 84.7 Å². The third-order valence-corrected chi connectivity index (χ3v) is 3.55. The summed E-state index contributed by atoms with van der Waals surface area (Å²) >= 11 is 0. The van der Waals surface area contributed by atoms with E-state index in [2.05, 4.69) is 5.32 Å². The van der Waals surface area contributed by atoms with Crippen LogP contribution >= 0.6 is 0 Å². The standard InChI is InChI=1S/C14H19N3O3/c1-16-13(18)12-4-3-7-17(12)14(19)10-8-9(20-2)5-6-11(10)15/h5-6,8,12H,3-4,7,15H2,1-2H3,(H,16,18). The van der Waals surface area contributed by atoms with E-state index in [9.17, 15) is 9.59 Å². The van der Waals surface area contributed by atoms with Crippen LogP contribution in [0.15, 0.2) is 18.2 Å². The Morgan fingerprint density at radius 3 is 2.85 bits per heavy atom. The van der Waals surface area contributed by atoms with Gasteiger partial charge in [0.1, 0.15) is 11.8 Å². The molecule has 1 atom stereocenters. The number of carbonyl (C=O) groups is 2. The monoisotopic (exact) mass is 277 g/mol. The minimum absolute atomic E-state index is 0.141. The van der Waals surface area contributed by atoms with Crippen molar-refractivity contribution in [2.75, 3.05) is 26.4 Å². The van der Waals surface area contributed by atoms with E-state index in [4.69, 9.17) is 10.5 Å². The molecule has 1 saturated heterocycles. The van der Waals surface area contributed by atoms with Crippen molar-refractivity contribution in [2.24, 2.45) is 0 Å². The molecule has 2 rings (SSSR count). The number of hydrogen-bond acceptors (Lipinski definition) is 4. The van der Waals surface area contributed by atoms with Gasteiger partial charge >= 0.3 is 0 Å². The Bertz CT molecular complexity index is 530. The molecule has 0 radical (unpaired) electrons. The van der Waals surface area contributed by atoms with Crippen LogP contribution in [0.25, 0.3) is 0 Å². The molecule has 20 heavy (non-hydrogen) atoms. The normalized spacial score (nSPS) is 17.9. The predicted octanol–water partition coefficient (Wildman–Crippen LogP) is 0.628. The molecule has 1 fully saturated rings. The molecule has 3 N–H and O–H groups in total. The Morgan fingerprint density at radius 1 is 1.45 bits per heavy atom. The fraction of sp³-hybridized carbons (Fsp3) is 0.429. The molecule has 1 unspecified atom stereocenters. The van der Waals surface area contributed by atoms with Gasteiger partial charge in [-0.25, -0.2) is 0 Å². The Balaban J connectivity index is 2.28. The predicted molar refractivity (Wildman–Crippen MR) is 75.5 cm³/mol. The molecule has 6 nitrogen and oxygen atoms in total. The summed E-state index contributed by atoms with van der Waals surface area (Å²) in [5.41, 5.74) is 6.63. The van der Waals surface area contributed by atoms with Gasteiger partial charge in [-0.2, -0.15) is 0 Å². The summed E-state index contributed by atoms with van der Waals surface area (Å²) in [5.74, 6) is 0.197. The van der Waals surface area contributed by atoms with Crippen LogP contribution < -0.4 is 15.8 Å². The van der Waals surface area contributed by atoms with Crippen molar-refractivity contribution in [1.82, 2.24) is 10.2 Å². The molecule has 2 amide bonds. The first-order valence-corrected chi connectivity index (χ1v) is 6.54. The number of methoxy groups -OCH3 is 1. The van der Waals surface area contributed by atoms with Gasteiger partial charge in [0.2, 0.25) is 5.91 Å². The number of nitrogens with one attached hydrogen (secondary N) is 1. The summed E-state index contributed by atoms with van der Waals surface area (Å²) in [7, 11) is 3.10. The highest BCUT2D eigenvalue weighted by Gasteiger charge is 2.34. The fourth-order valence-electron chi connectivity index (χ4n) is 2.45. The molecule has 0 bridgehead atoms. The Kier molecular flexibility index (Phi) is 4.12. The van der Waals surface area contributed by atoms with Crippen molar-refractivity contribution in [3.8, 4) is 5.75 Å². The van der Waals surface area contributed by atoms with E-state index < -0.39 is 6.04 Å². The first-order valence-electron chi connectivity index (χ1n) is 6.54. The molecule has 6 heteroatoms. The molecule has 0 saturated carbocycles.